The molecule has 1 atom stereocenters. The zero-order valence-corrected chi connectivity index (χ0v) is 18.1. The van der Waals surface area contributed by atoms with Crippen LogP contribution in [0.4, 0.5) is 0 Å². The second kappa shape index (κ2) is 9.83. The summed E-state index contributed by atoms with van der Waals surface area (Å²) in [6.07, 6.45) is 6.97. The average Bonchev–Trinajstić information content (AvgIpc) is 3.37. The lowest BCUT2D eigenvalue weighted by Gasteiger charge is -2.44. The molecule has 1 unspecified atom stereocenters. The van der Waals surface area contributed by atoms with E-state index in [1.807, 2.05) is 24.3 Å². The lowest BCUT2D eigenvalue weighted by molar-refractivity contribution is 0.128. The Morgan fingerprint density at radius 3 is 2.03 bits per heavy atom. The van der Waals surface area contributed by atoms with E-state index in [1.165, 1.54) is 31.2 Å². The monoisotopic (exact) mass is 407 g/mol. The Morgan fingerprint density at radius 2 is 1.42 bits per heavy atom. The minimum Gasteiger partial charge on any atom is -0.292 e. The molecule has 1 aliphatic carbocycles. The molecule has 1 saturated heterocycles. The van der Waals surface area contributed by atoms with Crippen molar-refractivity contribution in [3.8, 4) is 24.0 Å². The Balaban J connectivity index is 1.43. The lowest BCUT2D eigenvalue weighted by Crippen LogP contribution is -2.46. The number of piperidine rings is 1. The average molecular weight is 408 g/mol. The van der Waals surface area contributed by atoms with Crippen LogP contribution in [0.25, 0.3) is 0 Å². The van der Waals surface area contributed by atoms with Crippen LogP contribution in [0.5, 0.6) is 0 Å². The summed E-state index contributed by atoms with van der Waals surface area (Å²) in [5.74, 6) is 7.39. The van der Waals surface area contributed by atoms with Crippen molar-refractivity contribution < 1.29 is 0 Å². The lowest BCUT2D eigenvalue weighted by atomic mass is 9.60. The zero-order chi connectivity index (χ0) is 21.5. The van der Waals surface area contributed by atoms with E-state index in [9.17, 15) is 5.26 Å². The van der Waals surface area contributed by atoms with Crippen LogP contribution in [0.2, 0.25) is 0 Å². The molecular weight excluding hydrogens is 378 g/mol. The predicted octanol–water partition coefficient (Wildman–Crippen LogP) is 5.27. The van der Waals surface area contributed by atoms with Crippen molar-refractivity contribution in [2.45, 2.75) is 43.9 Å². The first-order chi connectivity index (χ1) is 15.3. The Morgan fingerprint density at radius 1 is 0.806 bits per heavy atom. The van der Waals surface area contributed by atoms with Gasteiger partial charge in [0.15, 0.2) is 0 Å². The Hall–Kier alpha value is -3.06. The van der Waals surface area contributed by atoms with Crippen LogP contribution < -0.4 is 0 Å². The van der Waals surface area contributed by atoms with E-state index in [4.69, 9.17) is 5.26 Å². The van der Waals surface area contributed by atoms with Crippen molar-refractivity contribution in [3.63, 3.8) is 0 Å². The molecule has 1 saturated carbocycles. The standard InChI is InChI=1S/C28H29N3/c29-21-24-14-12-23(13-15-24)7-6-18-31-19-16-27(17-20-31)28(22-30,26-10-4-5-11-26)25-8-2-1-3-9-25/h1-3,8-9,12-15,26-27H,4-5,10-11,16-20H2. The molecule has 0 radical (unpaired) electrons. The molecule has 2 aromatic rings. The van der Waals surface area contributed by atoms with Crippen LogP contribution in [0, 0.1) is 46.3 Å². The van der Waals surface area contributed by atoms with Crippen LogP contribution in [-0.2, 0) is 5.41 Å². The van der Waals surface area contributed by atoms with E-state index in [2.05, 4.69) is 59.2 Å². The van der Waals surface area contributed by atoms with Gasteiger partial charge in [-0.1, -0.05) is 55.0 Å². The van der Waals surface area contributed by atoms with Gasteiger partial charge in [0, 0.05) is 5.56 Å². The van der Waals surface area contributed by atoms with Gasteiger partial charge in [-0.15, -0.1) is 0 Å². The van der Waals surface area contributed by atoms with Gasteiger partial charge in [-0.3, -0.25) is 4.90 Å². The quantitative estimate of drug-likeness (QED) is 0.649. The summed E-state index contributed by atoms with van der Waals surface area (Å²) >= 11 is 0. The Labute approximate surface area is 186 Å². The third kappa shape index (κ3) is 4.51. The van der Waals surface area contributed by atoms with E-state index >= 15 is 0 Å². The summed E-state index contributed by atoms with van der Waals surface area (Å²) in [5, 5.41) is 19.4. The smallest absolute Gasteiger partial charge is 0.0991 e. The van der Waals surface area contributed by atoms with Gasteiger partial charge in [0.05, 0.1) is 29.7 Å². The number of nitriles is 2. The first kappa shape index (κ1) is 21.2. The van der Waals surface area contributed by atoms with E-state index in [1.54, 1.807) is 0 Å². The molecular formula is C28H29N3. The van der Waals surface area contributed by atoms with Crippen molar-refractivity contribution in [2.75, 3.05) is 19.6 Å². The van der Waals surface area contributed by atoms with Gasteiger partial charge in [0.2, 0.25) is 0 Å². The molecule has 3 nitrogen and oxygen atoms in total. The van der Waals surface area contributed by atoms with Gasteiger partial charge < -0.3 is 0 Å². The normalized spacial score (nSPS) is 19.5. The fourth-order valence-corrected chi connectivity index (χ4v) is 5.57. The topological polar surface area (TPSA) is 50.8 Å². The van der Waals surface area contributed by atoms with Crippen molar-refractivity contribution in [2.24, 2.45) is 11.8 Å². The van der Waals surface area contributed by atoms with Gasteiger partial charge in [0.25, 0.3) is 0 Å². The van der Waals surface area contributed by atoms with Gasteiger partial charge in [-0.2, -0.15) is 10.5 Å². The van der Waals surface area contributed by atoms with Crippen molar-refractivity contribution in [1.29, 1.82) is 10.5 Å². The summed E-state index contributed by atoms with van der Waals surface area (Å²) < 4.78 is 0. The SMILES string of the molecule is N#Cc1ccc(C#CCN2CCC(C(C#N)(c3ccccc3)C3CCCC3)CC2)cc1. The van der Waals surface area contributed by atoms with Crippen LogP contribution in [-0.4, -0.2) is 24.5 Å². The fraction of sp³-hybridized carbons (Fsp3) is 0.429. The predicted molar refractivity (Wildman–Crippen MR) is 123 cm³/mol. The number of benzene rings is 2. The third-order valence-corrected chi connectivity index (χ3v) is 7.22. The van der Waals surface area contributed by atoms with E-state index < -0.39 is 0 Å². The van der Waals surface area contributed by atoms with Crippen LogP contribution in [0.1, 0.15) is 55.2 Å². The minimum atomic E-state index is -0.349. The number of likely N-dealkylation sites (tertiary alicyclic amines) is 1. The summed E-state index contributed by atoms with van der Waals surface area (Å²) in [4.78, 5) is 2.41. The van der Waals surface area contributed by atoms with Crippen LogP contribution in [0.3, 0.4) is 0 Å². The van der Waals surface area contributed by atoms with Crippen LogP contribution >= 0.6 is 0 Å². The maximum atomic E-state index is 10.5. The van der Waals surface area contributed by atoms with Gasteiger partial charge in [-0.25, -0.2) is 0 Å². The molecule has 0 amide bonds. The Kier molecular flexibility index (Phi) is 6.72. The van der Waals surface area contributed by atoms with Crippen molar-refractivity contribution in [1.82, 2.24) is 4.90 Å². The first-order valence-corrected chi connectivity index (χ1v) is 11.4. The number of hydrogen-bond donors (Lipinski definition) is 0. The maximum absolute atomic E-state index is 10.5. The summed E-state index contributed by atoms with van der Waals surface area (Å²) in [6.45, 7) is 2.74. The fourth-order valence-electron chi connectivity index (χ4n) is 5.57. The number of nitrogens with zero attached hydrogens (tertiary/aromatic N) is 3. The highest BCUT2D eigenvalue weighted by molar-refractivity contribution is 5.40. The summed E-state index contributed by atoms with van der Waals surface area (Å²) in [7, 11) is 0. The molecule has 0 N–H and O–H groups in total. The molecule has 0 bridgehead atoms. The largest absolute Gasteiger partial charge is 0.292 e. The molecule has 2 aliphatic rings. The highest BCUT2D eigenvalue weighted by atomic mass is 15.1. The molecule has 0 aromatic heterocycles. The van der Waals surface area contributed by atoms with Crippen molar-refractivity contribution in [3.05, 3.63) is 71.3 Å². The third-order valence-electron chi connectivity index (χ3n) is 7.22. The molecule has 3 heteroatoms. The Bertz CT molecular complexity index is 1000. The summed E-state index contributed by atoms with van der Waals surface area (Å²) in [5.41, 5.74) is 2.48. The van der Waals surface area contributed by atoms with Gasteiger partial charge in [0.1, 0.15) is 0 Å². The molecule has 4 rings (SSSR count). The highest BCUT2D eigenvalue weighted by Crippen LogP contribution is 2.49. The molecule has 1 aliphatic heterocycles. The van der Waals surface area contributed by atoms with E-state index in [0.717, 1.165) is 38.0 Å². The number of rotatable bonds is 4. The molecule has 0 spiro atoms. The molecule has 2 aromatic carbocycles. The molecule has 31 heavy (non-hydrogen) atoms. The van der Waals surface area contributed by atoms with Crippen LogP contribution in [0.15, 0.2) is 54.6 Å². The minimum absolute atomic E-state index is 0.349. The van der Waals surface area contributed by atoms with Crippen molar-refractivity contribution >= 4 is 0 Å². The number of hydrogen-bond acceptors (Lipinski definition) is 3. The zero-order valence-electron chi connectivity index (χ0n) is 18.1. The van der Waals surface area contributed by atoms with Gasteiger partial charge >= 0.3 is 0 Å². The first-order valence-electron chi connectivity index (χ1n) is 11.4. The second-order valence-electron chi connectivity index (χ2n) is 8.87. The van der Waals surface area contributed by atoms with E-state index in [-0.39, 0.29) is 5.41 Å². The summed E-state index contributed by atoms with van der Waals surface area (Å²) in [6, 6.07) is 23.0. The second-order valence-corrected chi connectivity index (χ2v) is 8.87. The molecule has 2 fully saturated rings. The van der Waals surface area contributed by atoms with E-state index in [0.29, 0.717) is 17.4 Å². The molecule has 1 heterocycles. The molecule has 156 valence electrons. The maximum Gasteiger partial charge on any atom is 0.0991 e. The van der Waals surface area contributed by atoms with Gasteiger partial charge in [-0.05, 0) is 80.4 Å². The highest BCUT2D eigenvalue weighted by Gasteiger charge is 2.48.